The highest BCUT2D eigenvalue weighted by atomic mass is 28.3. The Morgan fingerprint density at radius 3 is 2.00 bits per heavy atom. The molecular formula is C29H36Si. The van der Waals surface area contributed by atoms with Crippen LogP contribution in [0.4, 0.5) is 0 Å². The van der Waals surface area contributed by atoms with E-state index in [1.807, 2.05) is 0 Å². The Kier molecular flexibility index (Phi) is 5.98. The van der Waals surface area contributed by atoms with Crippen LogP contribution in [0.5, 0.6) is 0 Å². The molecule has 0 aromatic heterocycles. The van der Waals surface area contributed by atoms with Gasteiger partial charge >= 0.3 is 0 Å². The van der Waals surface area contributed by atoms with E-state index in [1.54, 1.807) is 5.19 Å². The lowest BCUT2D eigenvalue weighted by Gasteiger charge is -2.24. The lowest BCUT2D eigenvalue weighted by Crippen LogP contribution is -2.48. The topological polar surface area (TPSA) is 0 Å². The number of rotatable bonds is 3. The Balaban J connectivity index is 2.62. The fourth-order valence-corrected chi connectivity index (χ4v) is 9.62. The zero-order valence-electron chi connectivity index (χ0n) is 20.1. The van der Waals surface area contributed by atoms with Crippen molar-refractivity contribution < 1.29 is 0 Å². The molecule has 0 N–H and O–H groups in total. The highest BCUT2D eigenvalue weighted by molar-refractivity contribution is 6.99. The van der Waals surface area contributed by atoms with Gasteiger partial charge in [0.1, 0.15) is 8.07 Å². The molecule has 1 aromatic carbocycles. The molecule has 1 heterocycles. The second-order valence-corrected chi connectivity index (χ2v) is 13.4. The second kappa shape index (κ2) is 8.04. The minimum absolute atomic E-state index is 0.926. The van der Waals surface area contributed by atoms with Crippen molar-refractivity contribution >= 4 is 37.1 Å². The number of benzene rings is 1. The summed E-state index contributed by atoms with van der Waals surface area (Å²) in [6, 6.07) is 0. The van der Waals surface area contributed by atoms with Gasteiger partial charge in [-0.25, -0.2) is 0 Å². The van der Waals surface area contributed by atoms with E-state index in [2.05, 4.69) is 97.7 Å². The summed E-state index contributed by atoms with van der Waals surface area (Å²) in [4.78, 5) is 0. The van der Waals surface area contributed by atoms with E-state index in [0.717, 1.165) is 6.42 Å². The summed E-state index contributed by atoms with van der Waals surface area (Å²) in [5, 5.41) is 5.57. The predicted octanol–water partition coefficient (Wildman–Crippen LogP) is 6.26. The Labute approximate surface area is 184 Å². The van der Waals surface area contributed by atoms with Gasteiger partial charge in [-0.3, -0.25) is 0 Å². The van der Waals surface area contributed by atoms with Gasteiger partial charge in [0.2, 0.25) is 0 Å². The maximum atomic E-state index is 4.70. The molecule has 2 aliphatic rings. The van der Waals surface area contributed by atoms with E-state index < -0.39 is 8.07 Å². The molecule has 0 saturated carbocycles. The summed E-state index contributed by atoms with van der Waals surface area (Å²) in [6.07, 6.45) is 14.3. The first-order valence-electron chi connectivity index (χ1n) is 11.0. The van der Waals surface area contributed by atoms with E-state index in [0.29, 0.717) is 0 Å². The van der Waals surface area contributed by atoms with Crippen LogP contribution in [-0.2, 0) is 0 Å². The van der Waals surface area contributed by atoms with E-state index in [4.69, 9.17) is 6.58 Å². The van der Waals surface area contributed by atoms with Crippen molar-refractivity contribution in [2.45, 2.75) is 61.1 Å². The Bertz CT molecular complexity index is 1200. The first-order valence-corrected chi connectivity index (χ1v) is 14.0. The molecule has 1 aliphatic heterocycles. The zero-order chi connectivity index (χ0) is 22.4. The normalized spacial score (nSPS) is 20.7. The van der Waals surface area contributed by atoms with Gasteiger partial charge < -0.3 is 0 Å². The van der Waals surface area contributed by atoms with Gasteiger partial charge in [-0.1, -0.05) is 67.9 Å². The summed E-state index contributed by atoms with van der Waals surface area (Å²) in [6.45, 7) is 27.3. The number of fused-ring (bicyclic) bond motifs is 1. The number of hydrogen-bond donors (Lipinski definition) is 0. The van der Waals surface area contributed by atoms with Gasteiger partial charge in [-0.15, -0.1) is 0 Å². The zero-order valence-corrected chi connectivity index (χ0v) is 21.1. The highest BCUT2D eigenvalue weighted by Gasteiger charge is 2.39. The highest BCUT2D eigenvalue weighted by Crippen LogP contribution is 2.37. The van der Waals surface area contributed by atoms with E-state index >= 15 is 0 Å². The summed E-state index contributed by atoms with van der Waals surface area (Å²) in [7, 11) is -1.77. The van der Waals surface area contributed by atoms with E-state index in [9.17, 15) is 0 Å². The van der Waals surface area contributed by atoms with Crippen LogP contribution in [0.2, 0.25) is 13.1 Å². The SMILES string of the molecule is C=C1CC(/C=C\C)=C(C)C/1=c1\c(/C=C\C)c(C)c2c(c1=C)C(C)=C(/C=C\C)[Si]2(C)C. The first-order chi connectivity index (χ1) is 14.1. The van der Waals surface area contributed by atoms with Crippen LogP contribution < -0.4 is 15.6 Å². The second-order valence-electron chi connectivity index (χ2n) is 9.11. The van der Waals surface area contributed by atoms with Crippen molar-refractivity contribution in [1.29, 1.82) is 0 Å². The minimum atomic E-state index is -1.77. The third-order valence-corrected chi connectivity index (χ3v) is 10.6. The molecule has 1 aliphatic carbocycles. The molecule has 1 aromatic rings. The van der Waals surface area contributed by atoms with Crippen LogP contribution in [-0.4, -0.2) is 8.07 Å². The van der Waals surface area contributed by atoms with Crippen molar-refractivity contribution in [3.05, 3.63) is 86.0 Å². The van der Waals surface area contributed by atoms with Crippen molar-refractivity contribution in [3.63, 3.8) is 0 Å². The molecule has 0 fully saturated rings. The van der Waals surface area contributed by atoms with Gasteiger partial charge in [0.25, 0.3) is 0 Å². The number of allylic oxidation sites excluding steroid dienone is 10. The fourth-order valence-electron chi connectivity index (χ4n) is 5.67. The molecule has 0 saturated heterocycles. The molecule has 3 rings (SSSR count). The molecule has 0 spiro atoms. The lowest BCUT2D eigenvalue weighted by molar-refractivity contribution is 1.26. The maximum Gasteiger partial charge on any atom is 0.113 e. The van der Waals surface area contributed by atoms with Crippen molar-refractivity contribution in [2.75, 3.05) is 0 Å². The standard InChI is InChI=1S/C29H36Si/c1-11-14-23-17-18(4)26(19(23)5)28-22(8)27-21(7)25(16-13-3)30(9,10)29(27)20(6)24(28)15-12-2/h11-16H,4,8,17H2,1-3,5-7,9-10H3/b14-11-,15-12-,16-13-,28-26-. The first kappa shape index (κ1) is 22.3. The molecule has 0 radical (unpaired) electrons. The summed E-state index contributed by atoms with van der Waals surface area (Å²) in [5.74, 6) is 0. The lowest BCUT2D eigenvalue weighted by atomic mass is 9.90. The van der Waals surface area contributed by atoms with Gasteiger partial charge in [0.15, 0.2) is 0 Å². The fraction of sp³-hybridized carbons (Fsp3) is 0.310. The van der Waals surface area contributed by atoms with Gasteiger partial charge in [-0.05, 0) is 108 Å². The van der Waals surface area contributed by atoms with Crippen LogP contribution in [0.1, 0.15) is 57.7 Å². The minimum Gasteiger partial charge on any atom is -0.0949 e. The number of hydrogen-bond acceptors (Lipinski definition) is 0. The van der Waals surface area contributed by atoms with Crippen LogP contribution >= 0.6 is 0 Å². The molecule has 0 nitrogen and oxygen atoms in total. The van der Waals surface area contributed by atoms with E-state index in [-0.39, 0.29) is 0 Å². The van der Waals surface area contributed by atoms with Gasteiger partial charge in [0.05, 0.1) is 0 Å². The van der Waals surface area contributed by atoms with Gasteiger partial charge in [0, 0.05) is 0 Å². The Hall–Kier alpha value is -2.38. The van der Waals surface area contributed by atoms with Crippen molar-refractivity contribution in [3.8, 4) is 0 Å². The molecule has 0 amide bonds. The largest absolute Gasteiger partial charge is 0.113 e. The van der Waals surface area contributed by atoms with E-state index in [1.165, 1.54) is 60.2 Å². The van der Waals surface area contributed by atoms with Crippen molar-refractivity contribution in [2.24, 2.45) is 0 Å². The van der Waals surface area contributed by atoms with Crippen LogP contribution in [0.3, 0.4) is 0 Å². The molecule has 0 unspecified atom stereocenters. The van der Waals surface area contributed by atoms with Crippen molar-refractivity contribution in [1.82, 2.24) is 0 Å². The average Bonchev–Trinajstić information content (AvgIpc) is 3.06. The monoisotopic (exact) mass is 412 g/mol. The maximum absolute atomic E-state index is 4.70. The molecular weight excluding hydrogens is 376 g/mol. The predicted molar refractivity (Wildman–Crippen MR) is 140 cm³/mol. The molecule has 30 heavy (non-hydrogen) atoms. The summed E-state index contributed by atoms with van der Waals surface area (Å²) in [5.41, 5.74) is 10.8. The van der Waals surface area contributed by atoms with Gasteiger partial charge in [-0.2, -0.15) is 0 Å². The van der Waals surface area contributed by atoms with Crippen LogP contribution in [0, 0.1) is 6.92 Å². The smallest absolute Gasteiger partial charge is 0.0949 e. The molecule has 1 heteroatoms. The average molecular weight is 413 g/mol. The molecule has 156 valence electrons. The third-order valence-electron chi connectivity index (χ3n) is 6.88. The summed E-state index contributed by atoms with van der Waals surface area (Å²) >= 11 is 0. The Morgan fingerprint density at radius 2 is 1.43 bits per heavy atom. The Morgan fingerprint density at radius 1 is 0.833 bits per heavy atom. The molecule has 0 bridgehead atoms. The molecule has 0 atom stereocenters. The van der Waals surface area contributed by atoms with Crippen LogP contribution in [0.25, 0.3) is 23.8 Å². The summed E-state index contributed by atoms with van der Waals surface area (Å²) < 4.78 is 0. The third kappa shape index (κ3) is 3.11. The van der Waals surface area contributed by atoms with Crippen LogP contribution in [0.15, 0.2) is 58.9 Å². The quantitative estimate of drug-likeness (QED) is 0.514.